The lowest BCUT2D eigenvalue weighted by molar-refractivity contribution is 0.248. The van der Waals surface area contributed by atoms with E-state index in [1.807, 2.05) is 7.05 Å². The summed E-state index contributed by atoms with van der Waals surface area (Å²) in [5.74, 6) is 0. The molecular formula is C12H20N2O3S2. The van der Waals surface area contributed by atoms with Crippen molar-refractivity contribution in [2.24, 2.45) is 0 Å². The van der Waals surface area contributed by atoms with Gasteiger partial charge in [-0.15, -0.1) is 11.3 Å². The Hall–Kier alpha value is -0.470. The summed E-state index contributed by atoms with van der Waals surface area (Å²) in [6.45, 7) is 1.89. The van der Waals surface area contributed by atoms with E-state index >= 15 is 0 Å². The summed E-state index contributed by atoms with van der Waals surface area (Å²) in [5.41, 5.74) is 0. The number of rotatable bonds is 5. The SMILES string of the molecule is CN1CCC(NS(=O)(=O)c2ccc(CCO)s2)CC1. The fourth-order valence-corrected chi connectivity index (χ4v) is 4.82. The number of thiophene rings is 1. The highest BCUT2D eigenvalue weighted by Gasteiger charge is 2.24. The monoisotopic (exact) mass is 304 g/mol. The average molecular weight is 304 g/mol. The highest BCUT2D eigenvalue weighted by atomic mass is 32.2. The number of likely N-dealkylation sites (tertiary alicyclic amines) is 1. The second kappa shape index (κ2) is 6.32. The second-order valence-corrected chi connectivity index (χ2v) is 8.00. The zero-order valence-corrected chi connectivity index (χ0v) is 12.6. The summed E-state index contributed by atoms with van der Waals surface area (Å²) >= 11 is 1.23. The first-order valence-corrected chi connectivity index (χ1v) is 8.71. The van der Waals surface area contributed by atoms with Crippen molar-refractivity contribution in [1.29, 1.82) is 0 Å². The van der Waals surface area contributed by atoms with Crippen molar-refractivity contribution in [2.45, 2.75) is 29.5 Å². The molecule has 2 N–H and O–H groups in total. The van der Waals surface area contributed by atoms with Gasteiger partial charge >= 0.3 is 0 Å². The van der Waals surface area contributed by atoms with E-state index in [-0.39, 0.29) is 12.6 Å². The number of sulfonamides is 1. The molecular weight excluding hydrogens is 284 g/mol. The minimum absolute atomic E-state index is 0.0320. The first-order valence-electron chi connectivity index (χ1n) is 6.42. The minimum Gasteiger partial charge on any atom is -0.396 e. The van der Waals surface area contributed by atoms with Crippen LogP contribution in [0.2, 0.25) is 0 Å². The van der Waals surface area contributed by atoms with Crippen molar-refractivity contribution in [2.75, 3.05) is 26.7 Å². The molecule has 1 fully saturated rings. The molecule has 1 saturated heterocycles. The first-order chi connectivity index (χ1) is 9.01. The van der Waals surface area contributed by atoms with Gasteiger partial charge in [0.05, 0.1) is 0 Å². The van der Waals surface area contributed by atoms with Crippen molar-refractivity contribution < 1.29 is 13.5 Å². The lowest BCUT2D eigenvalue weighted by Gasteiger charge is -2.29. The van der Waals surface area contributed by atoms with Gasteiger partial charge in [-0.2, -0.15) is 0 Å². The summed E-state index contributed by atoms with van der Waals surface area (Å²) in [5, 5.41) is 8.85. The highest BCUT2D eigenvalue weighted by molar-refractivity contribution is 7.91. The zero-order chi connectivity index (χ0) is 13.9. The van der Waals surface area contributed by atoms with Crippen molar-refractivity contribution in [3.05, 3.63) is 17.0 Å². The molecule has 1 aromatic heterocycles. The summed E-state index contributed by atoms with van der Waals surface area (Å²) in [6.07, 6.45) is 2.21. The van der Waals surface area contributed by atoms with Gasteiger partial charge in [0.2, 0.25) is 10.0 Å². The summed E-state index contributed by atoms with van der Waals surface area (Å²) in [4.78, 5) is 3.10. The number of aliphatic hydroxyl groups is 1. The first kappa shape index (κ1) is 14.9. The van der Waals surface area contributed by atoms with Crippen LogP contribution in [0.3, 0.4) is 0 Å². The molecule has 0 saturated carbocycles. The third kappa shape index (κ3) is 4.00. The molecule has 1 aromatic rings. The van der Waals surface area contributed by atoms with Crippen LogP contribution in [0.25, 0.3) is 0 Å². The maximum absolute atomic E-state index is 12.2. The Morgan fingerprint density at radius 3 is 2.74 bits per heavy atom. The zero-order valence-electron chi connectivity index (χ0n) is 11.0. The molecule has 0 radical (unpaired) electrons. The van der Waals surface area contributed by atoms with Crippen LogP contribution in [0.15, 0.2) is 16.3 Å². The number of aliphatic hydroxyl groups excluding tert-OH is 1. The van der Waals surface area contributed by atoms with Crippen LogP contribution >= 0.6 is 11.3 Å². The van der Waals surface area contributed by atoms with Gasteiger partial charge in [0.1, 0.15) is 4.21 Å². The number of hydrogen-bond acceptors (Lipinski definition) is 5. The maximum Gasteiger partial charge on any atom is 0.250 e. The van der Waals surface area contributed by atoms with E-state index in [1.165, 1.54) is 11.3 Å². The molecule has 0 atom stereocenters. The Morgan fingerprint density at radius 1 is 1.42 bits per heavy atom. The van der Waals surface area contributed by atoms with Gasteiger partial charge in [-0.1, -0.05) is 0 Å². The molecule has 2 heterocycles. The Morgan fingerprint density at radius 2 is 2.11 bits per heavy atom. The van der Waals surface area contributed by atoms with Crippen LogP contribution in [-0.4, -0.2) is 51.2 Å². The van der Waals surface area contributed by atoms with Gasteiger partial charge in [0.15, 0.2) is 0 Å². The van der Waals surface area contributed by atoms with E-state index in [9.17, 15) is 8.42 Å². The summed E-state index contributed by atoms with van der Waals surface area (Å²) in [6, 6.07) is 3.42. The molecule has 108 valence electrons. The predicted molar refractivity (Wildman–Crippen MR) is 75.9 cm³/mol. The Balaban J connectivity index is 2.01. The molecule has 0 spiro atoms. The van der Waals surface area contributed by atoms with E-state index in [0.717, 1.165) is 30.8 Å². The third-order valence-electron chi connectivity index (χ3n) is 3.30. The number of nitrogens with zero attached hydrogens (tertiary/aromatic N) is 1. The Kier molecular flexibility index (Phi) is 4.97. The lowest BCUT2D eigenvalue weighted by Crippen LogP contribution is -2.43. The molecule has 0 bridgehead atoms. The van der Waals surface area contributed by atoms with Crippen molar-refractivity contribution in [1.82, 2.24) is 9.62 Å². The topological polar surface area (TPSA) is 69.6 Å². The van der Waals surface area contributed by atoms with Gasteiger partial charge in [0.25, 0.3) is 0 Å². The fraction of sp³-hybridized carbons (Fsp3) is 0.667. The van der Waals surface area contributed by atoms with Gasteiger partial charge < -0.3 is 10.0 Å². The van der Waals surface area contributed by atoms with Crippen molar-refractivity contribution in [3.63, 3.8) is 0 Å². The van der Waals surface area contributed by atoms with Gasteiger partial charge in [-0.05, 0) is 45.1 Å². The summed E-state index contributed by atoms with van der Waals surface area (Å²) < 4.78 is 27.6. The molecule has 7 heteroatoms. The molecule has 0 unspecified atom stereocenters. The Labute approximate surface area is 118 Å². The quantitative estimate of drug-likeness (QED) is 0.838. The predicted octanol–water partition coefficient (Wildman–Crippen LogP) is 0.655. The standard InChI is InChI=1S/C12H20N2O3S2/c1-14-7-4-10(5-8-14)13-19(16,17)12-3-2-11(18-12)6-9-15/h2-3,10,13,15H,4-9H2,1H3. The third-order valence-corrected chi connectivity index (χ3v) is 6.46. The molecule has 19 heavy (non-hydrogen) atoms. The van der Waals surface area contributed by atoms with Crippen LogP contribution in [0.4, 0.5) is 0 Å². The van der Waals surface area contributed by atoms with E-state index < -0.39 is 10.0 Å². The normalized spacial score (nSPS) is 18.8. The smallest absolute Gasteiger partial charge is 0.250 e. The number of piperidine rings is 1. The maximum atomic E-state index is 12.2. The van der Waals surface area contributed by atoms with Gasteiger partial charge in [-0.3, -0.25) is 0 Å². The van der Waals surface area contributed by atoms with Crippen LogP contribution < -0.4 is 4.72 Å². The van der Waals surface area contributed by atoms with E-state index in [1.54, 1.807) is 12.1 Å². The average Bonchev–Trinajstić information content (AvgIpc) is 2.82. The van der Waals surface area contributed by atoms with E-state index in [0.29, 0.717) is 10.6 Å². The van der Waals surface area contributed by atoms with E-state index in [4.69, 9.17) is 5.11 Å². The number of nitrogens with one attached hydrogen (secondary N) is 1. The van der Waals surface area contributed by atoms with Crippen LogP contribution in [-0.2, 0) is 16.4 Å². The molecule has 1 aliphatic rings. The minimum atomic E-state index is -3.41. The van der Waals surface area contributed by atoms with Gasteiger partial charge in [0, 0.05) is 23.9 Å². The Bertz CT molecular complexity index is 505. The largest absolute Gasteiger partial charge is 0.396 e. The molecule has 0 amide bonds. The van der Waals surface area contributed by atoms with Crippen molar-refractivity contribution in [3.8, 4) is 0 Å². The van der Waals surface area contributed by atoms with Crippen molar-refractivity contribution >= 4 is 21.4 Å². The lowest BCUT2D eigenvalue weighted by atomic mass is 10.1. The van der Waals surface area contributed by atoms with Crippen LogP contribution in [0, 0.1) is 0 Å². The summed E-state index contributed by atoms with van der Waals surface area (Å²) in [7, 11) is -1.36. The van der Waals surface area contributed by atoms with Crippen LogP contribution in [0.5, 0.6) is 0 Å². The molecule has 0 aromatic carbocycles. The molecule has 1 aliphatic heterocycles. The second-order valence-electron chi connectivity index (χ2n) is 4.89. The van der Waals surface area contributed by atoms with Crippen LogP contribution in [0.1, 0.15) is 17.7 Å². The molecule has 0 aliphatic carbocycles. The fourth-order valence-electron chi connectivity index (χ4n) is 2.15. The molecule has 5 nitrogen and oxygen atoms in total. The number of hydrogen-bond donors (Lipinski definition) is 2. The molecule has 2 rings (SSSR count). The van der Waals surface area contributed by atoms with E-state index in [2.05, 4.69) is 9.62 Å². The highest BCUT2D eigenvalue weighted by Crippen LogP contribution is 2.23. The van der Waals surface area contributed by atoms with Gasteiger partial charge in [-0.25, -0.2) is 13.1 Å².